The molecule has 1 saturated carbocycles. The first-order valence-corrected chi connectivity index (χ1v) is 7.15. The minimum atomic E-state index is -0.0100. The summed E-state index contributed by atoms with van der Waals surface area (Å²) < 4.78 is 0. The van der Waals surface area contributed by atoms with Gasteiger partial charge in [0, 0.05) is 19.1 Å². The van der Waals surface area contributed by atoms with Gasteiger partial charge in [0.2, 0.25) is 5.91 Å². The van der Waals surface area contributed by atoms with Crippen LogP contribution in [0, 0.1) is 18.8 Å². The molecule has 3 heteroatoms. The first-order valence-electron chi connectivity index (χ1n) is 7.15. The average Bonchev–Trinajstić information content (AvgIpc) is 2.46. The highest BCUT2D eigenvalue weighted by molar-refractivity contribution is 5.79. The molecule has 0 saturated heterocycles. The van der Waals surface area contributed by atoms with Crippen LogP contribution in [0.25, 0.3) is 0 Å². The van der Waals surface area contributed by atoms with Gasteiger partial charge in [-0.3, -0.25) is 4.79 Å². The zero-order valence-corrected chi connectivity index (χ0v) is 11.6. The van der Waals surface area contributed by atoms with Crippen LogP contribution in [0.15, 0.2) is 24.3 Å². The van der Waals surface area contributed by atoms with E-state index in [9.17, 15) is 9.90 Å². The molecule has 0 heterocycles. The molecule has 1 aromatic carbocycles. The molecule has 19 heavy (non-hydrogen) atoms. The fraction of sp³-hybridized carbons (Fsp3) is 0.562. The molecular weight excluding hydrogens is 238 g/mol. The predicted molar refractivity (Wildman–Crippen MR) is 75.6 cm³/mol. The Kier molecular flexibility index (Phi) is 4.97. The number of carbonyl (C=O) groups excluding carboxylic acids is 1. The van der Waals surface area contributed by atoms with E-state index < -0.39 is 0 Å². The van der Waals surface area contributed by atoms with E-state index in [2.05, 4.69) is 24.4 Å². The van der Waals surface area contributed by atoms with E-state index in [0.29, 0.717) is 6.54 Å². The minimum Gasteiger partial charge on any atom is -0.396 e. The Morgan fingerprint density at radius 1 is 1.26 bits per heavy atom. The SMILES string of the molecule is Cc1ccc(CNC(=O)C2CCCCC2CO)cc1. The number of benzene rings is 1. The molecule has 1 fully saturated rings. The maximum atomic E-state index is 12.2. The zero-order valence-electron chi connectivity index (χ0n) is 11.6. The van der Waals surface area contributed by atoms with Gasteiger partial charge in [0.15, 0.2) is 0 Å². The van der Waals surface area contributed by atoms with Crippen molar-refractivity contribution >= 4 is 5.91 Å². The molecular formula is C16H23NO2. The van der Waals surface area contributed by atoms with Crippen molar-refractivity contribution in [3.05, 3.63) is 35.4 Å². The largest absolute Gasteiger partial charge is 0.396 e. The number of aryl methyl sites for hydroxylation is 1. The molecule has 2 atom stereocenters. The number of hydrogen-bond donors (Lipinski definition) is 2. The van der Waals surface area contributed by atoms with Gasteiger partial charge in [0.1, 0.15) is 0 Å². The number of rotatable bonds is 4. The molecule has 1 amide bonds. The van der Waals surface area contributed by atoms with Crippen LogP contribution in [0.5, 0.6) is 0 Å². The van der Waals surface area contributed by atoms with E-state index in [1.54, 1.807) is 0 Å². The average molecular weight is 261 g/mol. The van der Waals surface area contributed by atoms with E-state index in [0.717, 1.165) is 31.2 Å². The van der Waals surface area contributed by atoms with Gasteiger partial charge in [-0.15, -0.1) is 0 Å². The molecule has 1 aliphatic rings. The topological polar surface area (TPSA) is 49.3 Å². The van der Waals surface area contributed by atoms with Crippen LogP contribution in [-0.2, 0) is 11.3 Å². The van der Waals surface area contributed by atoms with Gasteiger partial charge in [-0.05, 0) is 31.2 Å². The third-order valence-electron chi connectivity index (χ3n) is 4.07. The van der Waals surface area contributed by atoms with Gasteiger partial charge in [-0.2, -0.15) is 0 Å². The lowest BCUT2D eigenvalue weighted by atomic mass is 9.79. The quantitative estimate of drug-likeness (QED) is 0.874. The Morgan fingerprint density at radius 2 is 1.95 bits per heavy atom. The summed E-state index contributed by atoms with van der Waals surface area (Å²) in [6.45, 7) is 2.76. The third kappa shape index (κ3) is 3.80. The second-order valence-corrected chi connectivity index (χ2v) is 5.54. The Labute approximate surface area is 115 Å². The molecule has 0 spiro atoms. The van der Waals surface area contributed by atoms with Crippen LogP contribution in [0.2, 0.25) is 0 Å². The van der Waals surface area contributed by atoms with Gasteiger partial charge < -0.3 is 10.4 Å². The van der Waals surface area contributed by atoms with Crippen molar-refractivity contribution in [2.24, 2.45) is 11.8 Å². The van der Waals surface area contributed by atoms with E-state index in [1.165, 1.54) is 5.56 Å². The van der Waals surface area contributed by atoms with Crippen molar-refractivity contribution in [2.45, 2.75) is 39.2 Å². The molecule has 0 aromatic heterocycles. The van der Waals surface area contributed by atoms with Gasteiger partial charge in [0.25, 0.3) is 0 Å². The van der Waals surface area contributed by atoms with Crippen molar-refractivity contribution < 1.29 is 9.90 Å². The Bertz CT molecular complexity index is 413. The number of nitrogens with one attached hydrogen (secondary N) is 1. The zero-order chi connectivity index (χ0) is 13.7. The van der Waals surface area contributed by atoms with Crippen molar-refractivity contribution in [3.63, 3.8) is 0 Å². The molecule has 2 unspecified atom stereocenters. The summed E-state index contributed by atoms with van der Waals surface area (Å²) in [5.41, 5.74) is 2.35. The number of carbonyl (C=O) groups is 1. The van der Waals surface area contributed by atoms with E-state index >= 15 is 0 Å². The first-order chi connectivity index (χ1) is 9.20. The van der Waals surface area contributed by atoms with Crippen LogP contribution in [0.3, 0.4) is 0 Å². The Hall–Kier alpha value is -1.35. The standard InChI is InChI=1S/C16H23NO2/c1-12-6-8-13(9-7-12)10-17-16(19)15-5-3-2-4-14(15)11-18/h6-9,14-15,18H,2-5,10-11H2,1H3,(H,17,19). The molecule has 3 nitrogen and oxygen atoms in total. The lowest BCUT2D eigenvalue weighted by Gasteiger charge is -2.29. The molecule has 1 aromatic rings. The van der Waals surface area contributed by atoms with Gasteiger partial charge in [-0.25, -0.2) is 0 Å². The summed E-state index contributed by atoms with van der Waals surface area (Å²) >= 11 is 0. The van der Waals surface area contributed by atoms with Gasteiger partial charge in [0.05, 0.1) is 0 Å². The fourth-order valence-electron chi connectivity index (χ4n) is 2.80. The van der Waals surface area contributed by atoms with Gasteiger partial charge in [-0.1, -0.05) is 42.7 Å². The highest BCUT2D eigenvalue weighted by Gasteiger charge is 2.29. The molecule has 0 aliphatic heterocycles. The maximum Gasteiger partial charge on any atom is 0.223 e. The molecule has 2 rings (SSSR count). The lowest BCUT2D eigenvalue weighted by Crippen LogP contribution is -2.37. The third-order valence-corrected chi connectivity index (χ3v) is 4.07. The van der Waals surface area contributed by atoms with Gasteiger partial charge >= 0.3 is 0 Å². The monoisotopic (exact) mass is 261 g/mol. The predicted octanol–water partition coefficient (Wildman–Crippen LogP) is 2.41. The maximum absolute atomic E-state index is 12.2. The molecule has 0 bridgehead atoms. The van der Waals surface area contributed by atoms with E-state index in [4.69, 9.17) is 0 Å². The van der Waals surface area contributed by atoms with E-state index in [-0.39, 0.29) is 24.3 Å². The minimum absolute atomic E-state index is 0.0100. The van der Waals surface area contributed by atoms with Crippen molar-refractivity contribution in [3.8, 4) is 0 Å². The summed E-state index contributed by atoms with van der Waals surface area (Å²) in [4.78, 5) is 12.2. The summed E-state index contributed by atoms with van der Waals surface area (Å²) in [6, 6.07) is 8.19. The van der Waals surface area contributed by atoms with E-state index in [1.807, 2.05) is 12.1 Å². The molecule has 2 N–H and O–H groups in total. The fourth-order valence-corrected chi connectivity index (χ4v) is 2.80. The molecule has 104 valence electrons. The highest BCUT2D eigenvalue weighted by Crippen LogP contribution is 2.29. The first kappa shape index (κ1) is 14.1. The van der Waals surface area contributed by atoms with Crippen LogP contribution in [0.1, 0.15) is 36.8 Å². The van der Waals surface area contributed by atoms with Crippen LogP contribution >= 0.6 is 0 Å². The number of aliphatic hydroxyl groups is 1. The van der Waals surface area contributed by atoms with Crippen LogP contribution in [0.4, 0.5) is 0 Å². The number of amides is 1. The Balaban J connectivity index is 1.87. The highest BCUT2D eigenvalue weighted by atomic mass is 16.3. The number of hydrogen-bond acceptors (Lipinski definition) is 2. The lowest BCUT2D eigenvalue weighted by molar-refractivity contribution is -0.128. The summed E-state index contributed by atoms with van der Waals surface area (Å²) in [6.07, 6.45) is 4.11. The van der Waals surface area contributed by atoms with Crippen molar-refractivity contribution in [1.29, 1.82) is 0 Å². The second-order valence-electron chi connectivity index (χ2n) is 5.54. The smallest absolute Gasteiger partial charge is 0.223 e. The van der Waals surface area contributed by atoms with Crippen LogP contribution in [-0.4, -0.2) is 17.6 Å². The Morgan fingerprint density at radius 3 is 2.63 bits per heavy atom. The van der Waals surface area contributed by atoms with Crippen molar-refractivity contribution in [2.75, 3.05) is 6.61 Å². The summed E-state index contributed by atoms with van der Waals surface area (Å²) in [5, 5.41) is 12.3. The van der Waals surface area contributed by atoms with Crippen molar-refractivity contribution in [1.82, 2.24) is 5.32 Å². The second kappa shape index (κ2) is 6.71. The normalized spacial score (nSPS) is 23.1. The summed E-state index contributed by atoms with van der Waals surface area (Å²) in [7, 11) is 0. The summed E-state index contributed by atoms with van der Waals surface area (Å²) in [5.74, 6) is 0.232. The molecule has 1 aliphatic carbocycles. The molecule has 0 radical (unpaired) electrons. The van der Waals surface area contributed by atoms with Crippen LogP contribution < -0.4 is 5.32 Å². The number of aliphatic hydroxyl groups excluding tert-OH is 1.